The van der Waals surface area contributed by atoms with Crippen LogP contribution in [-0.2, 0) is 9.59 Å². The van der Waals surface area contributed by atoms with E-state index in [1.54, 1.807) is 24.4 Å². The molecule has 1 aromatic heterocycles. The highest BCUT2D eigenvalue weighted by Crippen LogP contribution is 2.41. The van der Waals surface area contributed by atoms with Crippen LogP contribution in [0.15, 0.2) is 52.4 Å². The van der Waals surface area contributed by atoms with E-state index in [-0.39, 0.29) is 12.5 Å². The summed E-state index contributed by atoms with van der Waals surface area (Å²) < 4.78 is 0. The summed E-state index contributed by atoms with van der Waals surface area (Å²) in [6.45, 7) is -0.349. The van der Waals surface area contributed by atoms with Gasteiger partial charge in [0.15, 0.2) is 0 Å². The lowest BCUT2D eigenvalue weighted by atomic mass is 10.2. The smallest absolute Gasteiger partial charge is 0.323 e. The molecule has 0 atom stereocenters. The Morgan fingerprint density at radius 2 is 2.10 bits per heavy atom. The molecule has 1 amide bonds. The third-order valence-electron chi connectivity index (χ3n) is 3.03. The van der Waals surface area contributed by atoms with Crippen molar-refractivity contribution in [1.29, 1.82) is 0 Å². The average molecular weight is 300 g/mol. The minimum Gasteiger partial charge on any atom is -0.480 e. The third kappa shape index (κ3) is 2.71. The second kappa shape index (κ2) is 5.49. The second-order valence-electron chi connectivity index (χ2n) is 4.49. The Hall–Kier alpha value is -2.47. The summed E-state index contributed by atoms with van der Waals surface area (Å²) in [4.78, 5) is 29.2. The van der Waals surface area contributed by atoms with Gasteiger partial charge >= 0.3 is 5.97 Å². The lowest BCUT2D eigenvalue weighted by molar-refractivity contribution is -0.136. The zero-order valence-corrected chi connectivity index (χ0v) is 11.8. The monoisotopic (exact) mass is 300 g/mol. The van der Waals surface area contributed by atoms with Crippen molar-refractivity contribution in [2.75, 3.05) is 11.4 Å². The molecular weight excluding hydrogens is 288 g/mol. The van der Waals surface area contributed by atoms with Crippen LogP contribution in [-0.4, -0.2) is 28.5 Å². The first kappa shape index (κ1) is 13.5. The number of nitrogens with one attached hydrogen (secondary N) is 1. The van der Waals surface area contributed by atoms with Gasteiger partial charge in [-0.3, -0.25) is 14.5 Å². The molecule has 0 spiro atoms. The van der Waals surface area contributed by atoms with Crippen molar-refractivity contribution in [3.05, 3.63) is 53.2 Å². The Bertz CT molecular complexity index is 722. The summed E-state index contributed by atoms with van der Waals surface area (Å²) >= 11 is 1.35. The quantitative estimate of drug-likeness (QED) is 0.855. The van der Waals surface area contributed by atoms with Gasteiger partial charge in [-0.15, -0.1) is 0 Å². The lowest BCUT2D eigenvalue weighted by Crippen LogP contribution is -2.38. The van der Waals surface area contributed by atoms with Crippen LogP contribution >= 0.6 is 11.8 Å². The summed E-state index contributed by atoms with van der Waals surface area (Å²) in [6.07, 6.45) is 3.51. The second-order valence-corrected chi connectivity index (χ2v) is 5.57. The van der Waals surface area contributed by atoms with Gasteiger partial charge in [0.2, 0.25) is 0 Å². The number of hydrogen-bond donors (Lipinski definition) is 2. The number of aliphatic carboxylic acids is 1. The van der Waals surface area contributed by atoms with Gasteiger partial charge in [-0.05, 0) is 30.3 Å². The fourth-order valence-electron chi connectivity index (χ4n) is 2.13. The molecule has 0 fully saturated rings. The minimum atomic E-state index is -1.04. The number of H-pyrrole nitrogens is 1. The predicted molar refractivity (Wildman–Crippen MR) is 81.1 cm³/mol. The lowest BCUT2D eigenvalue weighted by Gasteiger charge is -2.28. The first-order chi connectivity index (χ1) is 10.1. The van der Waals surface area contributed by atoms with Crippen LogP contribution in [0.25, 0.3) is 6.08 Å². The van der Waals surface area contributed by atoms with E-state index in [2.05, 4.69) is 4.98 Å². The van der Waals surface area contributed by atoms with E-state index < -0.39 is 5.97 Å². The predicted octanol–water partition coefficient (Wildman–Crippen LogP) is 2.58. The van der Waals surface area contributed by atoms with E-state index in [0.29, 0.717) is 10.6 Å². The maximum atomic E-state index is 12.5. The number of fused-ring (bicyclic) bond motifs is 1. The van der Waals surface area contributed by atoms with Gasteiger partial charge in [0.25, 0.3) is 5.91 Å². The summed E-state index contributed by atoms with van der Waals surface area (Å²) in [5, 5.41) is 9.03. The van der Waals surface area contributed by atoms with E-state index >= 15 is 0 Å². The normalized spacial score (nSPS) is 16.1. The van der Waals surface area contributed by atoms with E-state index in [1.807, 2.05) is 24.3 Å². The summed E-state index contributed by atoms with van der Waals surface area (Å²) in [5.41, 5.74) is 1.44. The molecule has 5 nitrogen and oxygen atoms in total. The van der Waals surface area contributed by atoms with Crippen LogP contribution in [0.4, 0.5) is 5.69 Å². The Labute approximate surface area is 125 Å². The van der Waals surface area contributed by atoms with Gasteiger partial charge in [-0.1, -0.05) is 23.9 Å². The number of benzene rings is 1. The van der Waals surface area contributed by atoms with Gasteiger partial charge in [0, 0.05) is 16.8 Å². The number of nitrogens with zero attached hydrogens (tertiary/aromatic N) is 1. The number of hydrogen-bond acceptors (Lipinski definition) is 3. The largest absolute Gasteiger partial charge is 0.480 e. The minimum absolute atomic E-state index is 0.296. The molecule has 106 valence electrons. The van der Waals surface area contributed by atoms with E-state index in [1.165, 1.54) is 16.7 Å². The Kier molecular flexibility index (Phi) is 3.53. The number of para-hydroxylation sites is 1. The molecule has 0 saturated carbocycles. The van der Waals surface area contributed by atoms with Crippen molar-refractivity contribution in [3.63, 3.8) is 0 Å². The van der Waals surface area contributed by atoms with Crippen LogP contribution in [0.1, 0.15) is 5.69 Å². The highest BCUT2D eigenvalue weighted by molar-refractivity contribution is 8.04. The molecule has 2 heterocycles. The van der Waals surface area contributed by atoms with Crippen molar-refractivity contribution < 1.29 is 14.7 Å². The van der Waals surface area contributed by atoms with E-state index in [0.717, 1.165) is 10.6 Å². The number of amides is 1. The van der Waals surface area contributed by atoms with Crippen LogP contribution < -0.4 is 4.90 Å². The summed E-state index contributed by atoms with van der Waals surface area (Å²) in [6, 6.07) is 11.0. The van der Waals surface area contributed by atoms with Gasteiger partial charge in [-0.25, -0.2) is 0 Å². The maximum Gasteiger partial charge on any atom is 0.323 e. The highest BCUT2D eigenvalue weighted by Gasteiger charge is 2.30. The zero-order valence-electron chi connectivity index (χ0n) is 10.9. The molecule has 6 heteroatoms. The Morgan fingerprint density at radius 1 is 1.29 bits per heavy atom. The third-order valence-corrected chi connectivity index (χ3v) is 4.11. The summed E-state index contributed by atoms with van der Waals surface area (Å²) in [5.74, 6) is -1.33. The maximum absolute atomic E-state index is 12.5. The molecule has 2 N–H and O–H groups in total. The molecule has 0 radical (unpaired) electrons. The molecule has 3 rings (SSSR count). The zero-order chi connectivity index (χ0) is 14.8. The van der Waals surface area contributed by atoms with Crippen molar-refractivity contribution in [3.8, 4) is 0 Å². The average Bonchev–Trinajstić information content (AvgIpc) is 2.96. The number of carbonyl (C=O) groups is 2. The number of aromatic amines is 1. The molecule has 1 aromatic carbocycles. The number of thioether (sulfide) groups is 1. The van der Waals surface area contributed by atoms with Crippen LogP contribution in [0.5, 0.6) is 0 Å². The number of carbonyl (C=O) groups excluding carboxylic acids is 1. The van der Waals surface area contributed by atoms with Crippen molar-refractivity contribution in [1.82, 2.24) is 4.98 Å². The standard InChI is InChI=1S/C15H12N2O3S/c18-14(19)9-17-11-5-1-2-6-12(11)21-13(15(17)20)8-10-4-3-7-16-10/h1-8,16H,9H2,(H,18,19)/b13-8+. The number of carboxylic acid groups (broad SMARTS) is 1. The molecule has 0 saturated heterocycles. The fourth-order valence-corrected chi connectivity index (χ4v) is 3.18. The van der Waals surface area contributed by atoms with Gasteiger partial charge in [-0.2, -0.15) is 0 Å². The SMILES string of the molecule is O=C(O)CN1C(=O)/C(=C\c2ccc[nH]2)Sc2ccccc21. The van der Waals surface area contributed by atoms with Crippen LogP contribution in [0.2, 0.25) is 0 Å². The highest BCUT2D eigenvalue weighted by atomic mass is 32.2. The van der Waals surface area contributed by atoms with Gasteiger partial charge in [0.05, 0.1) is 10.6 Å². The van der Waals surface area contributed by atoms with Crippen molar-refractivity contribution in [2.24, 2.45) is 0 Å². The summed E-state index contributed by atoms with van der Waals surface area (Å²) in [7, 11) is 0. The molecule has 0 bridgehead atoms. The first-order valence-electron chi connectivity index (χ1n) is 6.31. The van der Waals surface area contributed by atoms with Crippen molar-refractivity contribution in [2.45, 2.75) is 4.90 Å². The fraction of sp³-hybridized carbons (Fsp3) is 0.0667. The molecule has 21 heavy (non-hydrogen) atoms. The molecule has 0 aliphatic carbocycles. The van der Waals surface area contributed by atoms with Gasteiger partial charge < -0.3 is 10.1 Å². The Morgan fingerprint density at radius 3 is 2.81 bits per heavy atom. The number of aromatic nitrogens is 1. The van der Waals surface area contributed by atoms with Gasteiger partial charge in [0.1, 0.15) is 6.54 Å². The first-order valence-corrected chi connectivity index (χ1v) is 7.12. The number of anilines is 1. The molecular formula is C15H12N2O3S. The molecule has 1 aliphatic rings. The van der Waals surface area contributed by atoms with E-state index in [9.17, 15) is 9.59 Å². The van der Waals surface area contributed by atoms with Crippen LogP contribution in [0, 0.1) is 0 Å². The number of rotatable bonds is 3. The van der Waals surface area contributed by atoms with Crippen LogP contribution in [0.3, 0.4) is 0 Å². The Balaban J connectivity index is 2.04. The number of carboxylic acids is 1. The molecule has 1 aliphatic heterocycles. The van der Waals surface area contributed by atoms with Crippen molar-refractivity contribution >= 4 is 35.4 Å². The topological polar surface area (TPSA) is 73.4 Å². The van der Waals surface area contributed by atoms with E-state index in [4.69, 9.17) is 5.11 Å². The molecule has 0 unspecified atom stereocenters. The molecule has 2 aromatic rings.